The van der Waals surface area contributed by atoms with Gasteiger partial charge in [0.25, 0.3) is 0 Å². The van der Waals surface area contributed by atoms with Gasteiger partial charge in [-0.2, -0.15) is 20.5 Å². The van der Waals surface area contributed by atoms with E-state index in [1.54, 1.807) is 24.4 Å². The molecule has 0 aromatic heterocycles. The van der Waals surface area contributed by atoms with E-state index in [9.17, 15) is 0 Å². The Bertz CT molecular complexity index is 776. The SMILES string of the molecule is C=Cc1ccc(C2=CC(=N\C#N)/C(C)=CC/2=N\C#N)cc1. The average Bonchev–Trinajstić information content (AvgIpc) is 2.50. The van der Waals surface area contributed by atoms with Gasteiger partial charge >= 0.3 is 0 Å². The highest BCUT2D eigenvalue weighted by molar-refractivity contribution is 6.38. The Morgan fingerprint density at radius 3 is 2.19 bits per heavy atom. The lowest BCUT2D eigenvalue weighted by Crippen LogP contribution is -2.11. The molecular weight excluding hydrogens is 260 g/mol. The Morgan fingerprint density at radius 2 is 1.62 bits per heavy atom. The molecule has 0 saturated carbocycles. The third-order valence-electron chi connectivity index (χ3n) is 3.11. The van der Waals surface area contributed by atoms with Gasteiger partial charge in [-0.25, -0.2) is 0 Å². The normalized spacial score (nSPS) is 17.7. The molecule has 0 N–H and O–H groups in total. The lowest BCUT2D eigenvalue weighted by atomic mass is 9.91. The third-order valence-corrected chi connectivity index (χ3v) is 3.11. The molecule has 0 saturated heterocycles. The van der Waals surface area contributed by atoms with Crippen LogP contribution < -0.4 is 0 Å². The van der Waals surface area contributed by atoms with Crippen molar-refractivity contribution in [3.05, 3.63) is 59.7 Å². The molecule has 0 fully saturated rings. The fraction of sp³-hybridized carbons (Fsp3) is 0.0588. The molecule has 1 aromatic carbocycles. The highest BCUT2D eigenvalue weighted by Gasteiger charge is 2.16. The molecule has 4 nitrogen and oxygen atoms in total. The number of allylic oxidation sites excluding steroid dienone is 4. The minimum atomic E-state index is 0.568. The van der Waals surface area contributed by atoms with Crippen LogP contribution in [0.4, 0.5) is 0 Å². The van der Waals surface area contributed by atoms with Crippen LogP contribution in [0.25, 0.3) is 11.6 Å². The molecule has 4 heteroatoms. The zero-order valence-corrected chi connectivity index (χ0v) is 11.5. The van der Waals surface area contributed by atoms with Crippen molar-refractivity contribution in [2.45, 2.75) is 6.92 Å². The first kappa shape index (κ1) is 14.2. The van der Waals surface area contributed by atoms with Gasteiger partial charge in [-0.15, -0.1) is 0 Å². The number of hydrogen-bond donors (Lipinski definition) is 0. The standard InChI is InChI=1S/C17H12N4/c1-3-13-4-6-14(7-5-13)15-9-16(20-10-18)12(2)8-17(15)21-11-19/h3-9H,1H2,2H3/b20-16+,21-17+. The predicted molar refractivity (Wildman–Crippen MR) is 84.4 cm³/mol. The van der Waals surface area contributed by atoms with Crippen LogP contribution >= 0.6 is 0 Å². The van der Waals surface area contributed by atoms with Gasteiger partial charge in [-0.05, 0) is 35.8 Å². The van der Waals surface area contributed by atoms with Gasteiger partial charge in [0.15, 0.2) is 0 Å². The van der Waals surface area contributed by atoms with E-state index < -0.39 is 0 Å². The summed E-state index contributed by atoms with van der Waals surface area (Å²) in [5.41, 5.74) is 4.63. The van der Waals surface area contributed by atoms with E-state index in [1.165, 1.54) is 0 Å². The molecule has 0 unspecified atom stereocenters. The van der Waals surface area contributed by atoms with Gasteiger partial charge in [-0.1, -0.05) is 36.9 Å². The highest BCUT2D eigenvalue weighted by atomic mass is 14.8. The summed E-state index contributed by atoms with van der Waals surface area (Å²) in [5.74, 6) is 0. The Morgan fingerprint density at radius 1 is 1.00 bits per heavy atom. The van der Waals surface area contributed by atoms with Crippen molar-refractivity contribution in [2.75, 3.05) is 0 Å². The second kappa shape index (κ2) is 6.27. The molecule has 2 rings (SSSR count). The first-order valence-corrected chi connectivity index (χ1v) is 6.26. The predicted octanol–water partition coefficient (Wildman–Crippen LogP) is 3.52. The summed E-state index contributed by atoms with van der Waals surface area (Å²) >= 11 is 0. The van der Waals surface area contributed by atoms with Crippen LogP contribution in [0.15, 0.2) is 58.6 Å². The number of rotatable bonds is 2. The smallest absolute Gasteiger partial charge is 0.173 e. The van der Waals surface area contributed by atoms with Crippen LogP contribution in [0.3, 0.4) is 0 Å². The summed E-state index contributed by atoms with van der Waals surface area (Å²) in [4.78, 5) is 7.64. The van der Waals surface area contributed by atoms with E-state index in [-0.39, 0.29) is 0 Å². The molecule has 0 atom stereocenters. The van der Waals surface area contributed by atoms with Crippen molar-refractivity contribution in [3.63, 3.8) is 0 Å². The number of nitriles is 2. The number of hydrogen-bond acceptors (Lipinski definition) is 4. The van der Waals surface area contributed by atoms with Crippen LogP contribution in [0.5, 0.6) is 0 Å². The summed E-state index contributed by atoms with van der Waals surface area (Å²) in [6.07, 6.45) is 8.89. The quantitative estimate of drug-likeness (QED) is 0.610. The second-order valence-electron chi connectivity index (χ2n) is 4.41. The molecule has 0 spiro atoms. The average molecular weight is 272 g/mol. The van der Waals surface area contributed by atoms with Crippen LogP contribution in [0, 0.1) is 22.9 Å². The van der Waals surface area contributed by atoms with Crippen LogP contribution in [-0.4, -0.2) is 11.4 Å². The molecule has 21 heavy (non-hydrogen) atoms. The van der Waals surface area contributed by atoms with Crippen molar-refractivity contribution in [3.8, 4) is 12.4 Å². The number of nitrogens with zero attached hydrogens (tertiary/aromatic N) is 4. The topological polar surface area (TPSA) is 72.3 Å². The van der Waals surface area contributed by atoms with Gasteiger partial charge in [0.1, 0.15) is 0 Å². The third kappa shape index (κ3) is 3.02. The Labute approximate surface area is 123 Å². The minimum absolute atomic E-state index is 0.568. The maximum absolute atomic E-state index is 8.83. The molecule has 100 valence electrons. The summed E-state index contributed by atoms with van der Waals surface area (Å²) < 4.78 is 0. The van der Waals surface area contributed by atoms with Crippen molar-refractivity contribution < 1.29 is 0 Å². The molecule has 1 aromatic rings. The Hall–Kier alpha value is -3.24. The lowest BCUT2D eigenvalue weighted by Gasteiger charge is -2.14. The monoisotopic (exact) mass is 272 g/mol. The Kier molecular flexibility index (Phi) is 4.23. The van der Waals surface area contributed by atoms with E-state index >= 15 is 0 Å². The van der Waals surface area contributed by atoms with Crippen molar-refractivity contribution in [1.82, 2.24) is 0 Å². The van der Waals surface area contributed by atoms with Crippen LogP contribution in [-0.2, 0) is 0 Å². The first-order valence-electron chi connectivity index (χ1n) is 6.26. The summed E-state index contributed by atoms with van der Waals surface area (Å²) in [5, 5.41) is 17.6. The largest absolute Gasteiger partial charge is 0.206 e. The molecule has 0 bridgehead atoms. The molecule has 0 heterocycles. The number of aliphatic imine (C=N–C) groups is 2. The molecule has 1 aliphatic carbocycles. The molecule has 0 amide bonds. The molecular formula is C17H12N4. The van der Waals surface area contributed by atoms with Gasteiger partial charge in [-0.3, -0.25) is 0 Å². The van der Waals surface area contributed by atoms with Crippen molar-refractivity contribution in [2.24, 2.45) is 9.98 Å². The summed E-state index contributed by atoms with van der Waals surface area (Å²) in [7, 11) is 0. The minimum Gasteiger partial charge on any atom is -0.173 e. The second-order valence-corrected chi connectivity index (χ2v) is 4.41. The van der Waals surface area contributed by atoms with E-state index in [4.69, 9.17) is 10.5 Å². The fourth-order valence-electron chi connectivity index (χ4n) is 2.03. The zero-order valence-electron chi connectivity index (χ0n) is 11.5. The van der Waals surface area contributed by atoms with Crippen LogP contribution in [0.2, 0.25) is 0 Å². The summed E-state index contributed by atoms with van der Waals surface area (Å²) in [6.45, 7) is 5.55. The lowest BCUT2D eigenvalue weighted by molar-refractivity contribution is 1.41. The zero-order chi connectivity index (χ0) is 15.2. The van der Waals surface area contributed by atoms with Crippen molar-refractivity contribution in [1.29, 1.82) is 10.5 Å². The van der Waals surface area contributed by atoms with Crippen LogP contribution in [0.1, 0.15) is 18.1 Å². The molecule has 0 radical (unpaired) electrons. The fourth-order valence-corrected chi connectivity index (χ4v) is 2.03. The van der Waals surface area contributed by atoms with E-state index in [1.807, 2.05) is 37.4 Å². The van der Waals surface area contributed by atoms with Crippen molar-refractivity contribution >= 4 is 23.1 Å². The maximum Gasteiger partial charge on any atom is 0.206 e. The van der Waals surface area contributed by atoms with Gasteiger partial charge < -0.3 is 0 Å². The number of benzene rings is 1. The van der Waals surface area contributed by atoms with Gasteiger partial charge in [0.2, 0.25) is 12.4 Å². The highest BCUT2D eigenvalue weighted by Crippen LogP contribution is 2.24. The molecule has 1 aliphatic rings. The molecule has 0 aliphatic heterocycles. The van der Waals surface area contributed by atoms with Gasteiger partial charge in [0.05, 0.1) is 11.4 Å². The van der Waals surface area contributed by atoms with Gasteiger partial charge in [0, 0.05) is 5.57 Å². The van der Waals surface area contributed by atoms with E-state index in [0.29, 0.717) is 11.4 Å². The van der Waals surface area contributed by atoms with E-state index in [2.05, 4.69) is 16.6 Å². The summed E-state index contributed by atoms with van der Waals surface area (Å²) in [6, 6.07) is 7.71. The maximum atomic E-state index is 8.83. The van der Waals surface area contributed by atoms with E-state index in [0.717, 1.165) is 22.3 Å². The Balaban J connectivity index is 2.56. The first-order chi connectivity index (χ1) is 10.2.